The maximum absolute atomic E-state index is 9.72. The SMILES string of the molecule is C.Nc1ccc(-c2ccc(N)cc2O)c(O)c1. The molecule has 0 fully saturated rings. The van der Waals surface area contributed by atoms with Gasteiger partial charge in [-0.1, -0.05) is 7.43 Å². The minimum Gasteiger partial charge on any atom is -0.507 e. The Morgan fingerprint density at radius 1 is 0.706 bits per heavy atom. The molecule has 4 nitrogen and oxygen atoms in total. The summed E-state index contributed by atoms with van der Waals surface area (Å²) in [5.41, 5.74) is 13.0. The molecule has 6 N–H and O–H groups in total. The first-order valence-electron chi connectivity index (χ1n) is 4.75. The van der Waals surface area contributed by atoms with Gasteiger partial charge in [0.25, 0.3) is 0 Å². The highest BCUT2D eigenvalue weighted by Gasteiger charge is 2.09. The second-order valence-corrected chi connectivity index (χ2v) is 3.55. The van der Waals surface area contributed by atoms with Crippen LogP contribution in [0.2, 0.25) is 0 Å². The lowest BCUT2D eigenvalue weighted by molar-refractivity contribution is 0.469. The predicted octanol–water partition coefficient (Wildman–Crippen LogP) is 2.57. The van der Waals surface area contributed by atoms with Crippen LogP contribution in [0, 0.1) is 0 Å². The second kappa shape index (κ2) is 4.65. The van der Waals surface area contributed by atoms with Crippen LogP contribution >= 0.6 is 0 Å². The molecule has 0 atom stereocenters. The highest BCUT2D eigenvalue weighted by molar-refractivity contribution is 5.78. The predicted molar refractivity (Wildman–Crippen MR) is 70.8 cm³/mol. The smallest absolute Gasteiger partial charge is 0.125 e. The summed E-state index contributed by atoms with van der Waals surface area (Å²) in [6.45, 7) is 0. The van der Waals surface area contributed by atoms with Crippen molar-refractivity contribution < 1.29 is 10.2 Å². The highest BCUT2D eigenvalue weighted by atomic mass is 16.3. The van der Waals surface area contributed by atoms with Gasteiger partial charge in [-0.3, -0.25) is 0 Å². The zero-order valence-corrected chi connectivity index (χ0v) is 8.51. The van der Waals surface area contributed by atoms with Crippen LogP contribution in [0.4, 0.5) is 11.4 Å². The molecule has 90 valence electrons. The molecule has 0 unspecified atom stereocenters. The van der Waals surface area contributed by atoms with Gasteiger partial charge in [0.1, 0.15) is 11.5 Å². The minimum absolute atomic E-state index is 0. The number of nitrogen functional groups attached to an aromatic ring is 2. The Bertz CT molecular complexity index is 489. The summed E-state index contributed by atoms with van der Waals surface area (Å²) in [7, 11) is 0. The van der Waals surface area contributed by atoms with Crippen molar-refractivity contribution in [3.8, 4) is 22.6 Å². The van der Waals surface area contributed by atoms with Gasteiger partial charge in [0, 0.05) is 34.6 Å². The Kier molecular flexibility index (Phi) is 3.48. The first-order valence-corrected chi connectivity index (χ1v) is 4.75. The average molecular weight is 232 g/mol. The first-order chi connectivity index (χ1) is 7.58. The van der Waals surface area contributed by atoms with E-state index in [4.69, 9.17) is 11.5 Å². The van der Waals surface area contributed by atoms with Crippen molar-refractivity contribution in [3.05, 3.63) is 36.4 Å². The van der Waals surface area contributed by atoms with Crippen LogP contribution in [-0.2, 0) is 0 Å². The van der Waals surface area contributed by atoms with E-state index in [0.29, 0.717) is 22.5 Å². The molecule has 0 aliphatic carbocycles. The highest BCUT2D eigenvalue weighted by Crippen LogP contribution is 2.36. The van der Waals surface area contributed by atoms with E-state index in [1.54, 1.807) is 24.3 Å². The number of hydrogen-bond acceptors (Lipinski definition) is 4. The molecule has 0 amide bonds. The summed E-state index contributed by atoms with van der Waals surface area (Å²) >= 11 is 0. The van der Waals surface area contributed by atoms with Crippen LogP contribution in [-0.4, -0.2) is 10.2 Å². The molecule has 0 bridgehead atoms. The monoisotopic (exact) mass is 232 g/mol. The molecule has 0 spiro atoms. The van der Waals surface area contributed by atoms with Gasteiger partial charge in [0.15, 0.2) is 0 Å². The number of anilines is 2. The Morgan fingerprint density at radius 3 is 1.35 bits per heavy atom. The number of aromatic hydroxyl groups is 2. The van der Waals surface area contributed by atoms with Crippen molar-refractivity contribution in [1.29, 1.82) is 0 Å². The Hall–Kier alpha value is -2.36. The molecule has 0 saturated carbocycles. The molecule has 2 aromatic carbocycles. The van der Waals surface area contributed by atoms with E-state index in [1.807, 2.05) is 0 Å². The fourth-order valence-corrected chi connectivity index (χ4v) is 1.55. The zero-order valence-electron chi connectivity index (χ0n) is 8.51. The van der Waals surface area contributed by atoms with Crippen molar-refractivity contribution in [1.82, 2.24) is 0 Å². The molecule has 0 aliphatic heterocycles. The van der Waals surface area contributed by atoms with Gasteiger partial charge in [-0.05, 0) is 24.3 Å². The first kappa shape index (κ1) is 12.7. The van der Waals surface area contributed by atoms with Gasteiger partial charge in [-0.2, -0.15) is 0 Å². The summed E-state index contributed by atoms with van der Waals surface area (Å²) in [6.07, 6.45) is 0. The van der Waals surface area contributed by atoms with E-state index < -0.39 is 0 Å². The molecule has 0 aliphatic rings. The van der Waals surface area contributed by atoms with Crippen molar-refractivity contribution in [2.75, 3.05) is 11.5 Å². The summed E-state index contributed by atoms with van der Waals surface area (Å²) in [5, 5.41) is 19.4. The molecule has 2 rings (SSSR count). The van der Waals surface area contributed by atoms with Crippen LogP contribution in [0.25, 0.3) is 11.1 Å². The number of nitrogens with two attached hydrogens (primary N) is 2. The Morgan fingerprint density at radius 2 is 1.06 bits per heavy atom. The van der Waals surface area contributed by atoms with Gasteiger partial charge < -0.3 is 21.7 Å². The van der Waals surface area contributed by atoms with E-state index in [9.17, 15) is 10.2 Å². The summed E-state index contributed by atoms with van der Waals surface area (Å²) in [6, 6.07) is 9.48. The van der Waals surface area contributed by atoms with E-state index in [2.05, 4.69) is 0 Å². The number of rotatable bonds is 1. The van der Waals surface area contributed by atoms with Crippen molar-refractivity contribution in [2.24, 2.45) is 0 Å². The second-order valence-electron chi connectivity index (χ2n) is 3.55. The van der Waals surface area contributed by atoms with Crippen molar-refractivity contribution in [2.45, 2.75) is 7.43 Å². The van der Waals surface area contributed by atoms with Crippen LogP contribution in [0.15, 0.2) is 36.4 Å². The molecule has 0 saturated heterocycles. The molecule has 0 radical (unpaired) electrons. The number of hydrogen-bond donors (Lipinski definition) is 4. The lowest BCUT2D eigenvalue weighted by atomic mass is 10.0. The van der Waals surface area contributed by atoms with Crippen LogP contribution in [0.5, 0.6) is 11.5 Å². The van der Waals surface area contributed by atoms with E-state index >= 15 is 0 Å². The molecular weight excluding hydrogens is 216 g/mol. The van der Waals surface area contributed by atoms with Crippen LogP contribution < -0.4 is 11.5 Å². The van der Waals surface area contributed by atoms with Crippen LogP contribution in [0.1, 0.15) is 7.43 Å². The standard InChI is InChI=1S/C12H12N2O2.CH4/c13-7-1-3-9(11(15)5-7)10-4-2-8(14)6-12(10)16;/h1-6,15-16H,13-14H2;1H4. The summed E-state index contributed by atoms with van der Waals surface area (Å²) < 4.78 is 0. The maximum Gasteiger partial charge on any atom is 0.125 e. The maximum atomic E-state index is 9.72. The van der Waals surface area contributed by atoms with E-state index in [1.165, 1.54) is 12.1 Å². The lowest BCUT2D eigenvalue weighted by Gasteiger charge is -2.08. The third-order valence-electron chi connectivity index (χ3n) is 2.33. The molecular formula is C13H16N2O2. The molecule has 2 aromatic rings. The zero-order chi connectivity index (χ0) is 11.7. The van der Waals surface area contributed by atoms with E-state index in [0.717, 1.165) is 0 Å². The third kappa shape index (κ3) is 2.42. The molecule has 0 heterocycles. The van der Waals surface area contributed by atoms with Gasteiger partial charge in [-0.25, -0.2) is 0 Å². The fourth-order valence-electron chi connectivity index (χ4n) is 1.55. The molecule has 17 heavy (non-hydrogen) atoms. The largest absolute Gasteiger partial charge is 0.507 e. The third-order valence-corrected chi connectivity index (χ3v) is 2.33. The van der Waals surface area contributed by atoms with E-state index in [-0.39, 0.29) is 18.9 Å². The normalized spacial score (nSPS) is 9.65. The Labute approximate surface area is 100 Å². The average Bonchev–Trinajstić information content (AvgIpc) is 2.19. The number of phenols is 2. The summed E-state index contributed by atoms with van der Waals surface area (Å²) in [4.78, 5) is 0. The quantitative estimate of drug-likeness (QED) is 0.568. The topological polar surface area (TPSA) is 92.5 Å². The van der Waals surface area contributed by atoms with Crippen molar-refractivity contribution >= 4 is 11.4 Å². The van der Waals surface area contributed by atoms with Crippen molar-refractivity contribution in [3.63, 3.8) is 0 Å². The Balaban J connectivity index is 0.00000144. The fraction of sp³-hybridized carbons (Fsp3) is 0.0769. The van der Waals surface area contributed by atoms with Crippen LogP contribution in [0.3, 0.4) is 0 Å². The minimum atomic E-state index is 0. The number of phenolic OH excluding ortho intramolecular Hbond substituents is 2. The number of benzene rings is 2. The molecule has 0 aromatic heterocycles. The van der Waals surface area contributed by atoms with Gasteiger partial charge in [0.2, 0.25) is 0 Å². The lowest BCUT2D eigenvalue weighted by Crippen LogP contribution is -1.88. The van der Waals surface area contributed by atoms with Gasteiger partial charge in [-0.15, -0.1) is 0 Å². The van der Waals surface area contributed by atoms with Gasteiger partial charge >= 0.3 is 0 Å². The summed E-state index contributed by atoms with van der Waals surface area (Å²) in [5.74, 6) is 0.0557. The van der Waals surface area contributed by atoms with Gasteiger partial charge in [0.05, 0.1) is 0 Å². The molecule has 4 heteroatoms.